The van der Waals surface area contributed by atoms with Crippen LogP contribution < -0.4 is 15.8 Å². The van der Waals surface area contributed by atoms with Gasteiger partial charge in [-0.15, -0.1) is 0 Å². The number of anilines is 1. The monoisotopic (exact) mass is 280 g/mol. The van der Waals surface area contributed by atoms with E-state index in [4.69, 9.17) is 0 Å². The molecule has 0 aliphatic heterocycles. The van der Waals surface area contributed by atoms with Crippen molar-refractivity contribution in [2.45, 2.75) is 46.6 Å². The Bertz CT molecular complexity index is 508. The number of hydrogen-bond acceptors (Lipinski definition) is 4. The number of aromatic nitrogens is 2. The normalized spacial score (nSPS) is 10.9. The number of nitrogens with zero attached hydrogens (tertiary/aromatic N) is 2. The molecule has 0 spiro atoms. The number of rotatable bonds is 6. The lowest BCUT2D eigenvalue weighted by Gasteiger charge is -2.22. The molecule has 1 aromatic rings. The van der Waals surface area contributed by atoms with Gasteiger partial charge in [-0.1, -0.05) is 13.8 Å². The Morgan fingerprint density at radius 3 is 2.55 bits per heavy atom. The van der Waals surface area contributed by atoms with Crippen molar-refractivity contribution in [1.82, 2.24) is 15.3 Å². The lowest BCUT2D eigenvalue weighted by molar-refractivity contribution is -0.120. The molecule has 0 atom stereocenters. The van der Waals surface area contributed by atoms with Crippen LogP contribution in [0.15, 0.2) is 10.9 Å². The Morgan fingerprint density at radius 1 is 1.40 bits per heavy atom. The zero-order valence-electron chi connectivity index (χ0n) is 12.9. The Kier molecular flexibility index (Phi) is 5.73. The lowest BCUT2D eigenvalue weighted by Crippen LogP contribution is -2.40. The molecule has 1 rings (SSSR count). The molecule has 112 valence electrons. The largest absolute Gasteiger partial charge is 0.352 e. The molecule has 0 aliphatic rings. The molecule has 0 unspecified atom stereocenters. The predicted octanol–water partition coefficient (Wildman–Crippen LogP) is 1.24. The molecule has 1 heterocycles. The maximum absolute atomic E-state index is 11.8. The Morgan fingerprint density at radius 2 is 2.05 bits per heavy atom. The Labute approximate surface area is 119 Å². The van der Waals surface area contributed by atoms with E-state index in [2.05, 4.69) is 15.3 Å². The van der Waals surface area contributed by atoms with Crippen molar-refractivity contribution in [3.8, 4) is 0 Å². The maximum atomic E-state index is 11.8. The molecule has 0 saturated carbocycles. The van der Waals surface area contributed by atoms with Gasteiger partial charge >= 0.3 is 0 Å². The van der Waals surface area contributed by atoms with Crippen LogP contribution in [0, 0.1) is 0 Å². The Balaban J connectivity index is 2.95. The SMILES string of the molecule is CCN(CC(=O)NC(C)C)c1cc(=O)[nH]c(C(C)C)n1. The molecular formula is C14H24N4O2. The van der Waals surface area contributed by atoms with E-state index in [1.807, 2.05) is 34.6 Å². The molecule has 6 heteroatoms. The van der Waals surface area contributed by atoms with Gasteiger partial charge in [0, 0.05) is 24.6 Å². The minimum atomic E-state index is -0.193. The van der Waals surface area contributed by atoms with Crippen molar-refractivity contribution in [2.75, 3.05) is 18.0 Å². The summed E-state index contributed by atoms with van der Waals surface area (Å²) in [7, 11) is 0. The number of H-pyrrole nitrogens is 1. The molecule has 0 bridgehead atoms. The zero-order chi connectivity index (χ0) is 15.3. The summed E-state index contributed by atoms with van der Waals surface area (Å²) in [6, 6.07) is 1.53. The highest BCUT2D eigenvalue weighted by Crippen LogP contribution is 2.12. The number of carbonyl (C=O) groups excluding carboxylic acids is 1. The van der Waals surface area contributed by atoms with Gasteiger partial charge in [0.05, 0.1) is 6.54 Å². The molecule has 20 heavy (non-hydrogen) atoms. The molecule has 1 amide bonds. The van der Waals surface area contributed by atoms with Crippen molar-refractivity contribution in [3.63, 3.8) is 0 Å². The van der Waals surface area contributed by atoms with Gasteiger partial charge in [0.15, 0.2) is 0 Å². The third kappa shape index (κ3) is 4.68. The second kappa shape index (κ2) is 7.07. The number of carbonyl (C=O) groups is 1. The number of hydrogen-bond donors (Lipinski definition) is 2. The van der Waals surface area contributed by atoms with E-state index >= 15 is 0 Å². The summed E-state index contributed by atoms with van der Waals surface area (Å²) in [6.07, 6.45) is 0. The van der Waals surface area contributed by atoms with Gasteiger partial charge in [-0.25, -0.2) is 4.98 Å². The molecular weight excluding hydrogens is 256 g/mol. The average Bonchev–Trinajstić information content (AvgIpc) is 2.34. The number of nitrogens with one attached hydrogen (secondary N) is 2. The average molecular weight is 280 g/mol. The highest BCUT2D eigenvalue weighted by molar-refractivity contribution is 5.81. The summed E-state index contributed by atoms with van der Waals surface area (Å²) in [6.45, 7) is 10.5. The summed E-state index contributed by atoms with van der Waals surface area (Å²) in [5.41, 5.74) is -0.193. The van der Waals surface area contributed by atoms with Crippen molar-refractivity contribution in [1.29, 1.82) is 0 Å². The predicted molar refractivity (Wildman–Crippen MR) is 80.1 cm³/mol. The van der Waals surface area contributed by atoms with Crippen LogP contribution in [0.3, 0.4) is 0 Å². The standard InChI is InChI=1S/C14H24N4O2/c1-6-18(8-13(20)15-10(4)5)11-7-12(19)17-14(16-11)9(2)3/h7,9-10H,6,8H2,1-5H3,(H,15,20)(H,16,17,19). The maximum Gasteiger partial charge on any atom is 0.252 e. The van der Waals surface area contributed by atoms with Crippen molar-refractivity contribution in [2.24, 2.45) is 0 Å². The van der Waals surface area contributed by atoms with Gasteiger partial charge < -0.3 is 15.2 Å². The summed E-state index contributed by atoms with van der Waals surface area (Å²) in [5.74, 6) is 1.23. The summed E-state index contributed by atoms with van der Waals surface area (Å²) < 4.78 is 0. The van der Waals surface area contributed by atoms with Crippen LogP contribution in [0.5, 0.6) is 0 Å². The second-order valence-electron chi connectivity index (χ2n) is 5.38. The minimum absolute atomic E-state index is 0.0740. The first-order chi connectivity index (χ1) is 9.33. The molecule has 6 nitrogen and oxygen atoms in total. The smallest absolute Gasteiger partial charge is 0.252 e. The summed E-state index contributed by atoms with van der Waals surface area (Å²) in [5, 5.41) is 2.83. The van der Waals surface area contributed by atoms with E-state index in [1.54, 1.807) is 4.90 Å². The molecule has 0 saturated heterocycles. The topological polar surface area (TPSA) is 78.1 Å². The fourth-order valence-electron chi connectivity index (χ4n) is 1.79. The molecule has 1 aromatic heterocycles. The lowest BCUT2D eigenvalue weighted by atomic mass is 10.2. The van der Waals surface area contributed by atoms with Gasteiger partial charge in [0.2, 0.25) is 5.91 Å². The van der Waals surface area contributed by atoms with Crippen LogP contribution in [0.25, 0.3) is 0 Å². The van der Waals surface area contributed by atoms with E-state index < -0.39 is 0 Å². The van der Waals surface area contributed by atoms with Gasteiger partial charge in [0.25, 0.3) is 5.56 Å². The molecule has 0 fully saturated rings. The van der Waals surface area contributed by atoms with Crippen LogP contribution in [0.4, 0.5) is 5.82 Å². The Hall–Kier alpha value is -1.85. The summed E-state index contributed by atoms with van der Waals surface area (Å²) >= 11 is 0. The molecule has 2 N–H and O–H groups in total. The van der Waals surface area contributed by atoms with E-state index in [1.165, 1.54) is 6.07 Å². The first-order valence-corrected chi connectivity index (χ1v) is 6.99. The van der Waals surface area contributed by atoms with E-state index in [9.17, 15) is 9.59 Å². The molecule has 0 aliphatic carbocycles. The fourth-order valence-corrected chi connectivity index (χ4v) is 1.79. The number of aromatic amines is 1. The quantitative estimate of drug-likeness (QED) is 0.822. The van der Waals surface area contributed by atoms with Crippen LogP contribution in [-0.2, 0) is 4.79 Å². The van der Waals surface area contributed by atoms with Crippen LogP contribution in [-0.4, -0.2) is 35.0 Å². The third-order valence-corrected chi connectivity index (χ3v) is 2.78. The van der Waals surface area contributed by atoms with Crippen LogP contribution in [0.1, 0.15) is 46.4 Å². The van der Waals surface area contributed by atoms with Gasteiger partial charge in [-0.3, -0.25) is 9.59 Å². The van der Waals surface area contributed by atoms with E-state index in [0.29, 0.717) is 18.2 Å². The van der Waals surface area contributed by atoms with E-state index in [-0.39, 0.29) is 30.0 Å². The fraction of sp³-hybridized carbons (Fsp3) is 0.643. The van der Waals surface area contributed by atoms with Crippen molar-refractivity contribution < 1.29 is 4.79 Å². The van der Waals surface area contributed by atoms with E-state index in [0.717, 1.165) is 0 Å². The van der Waals surface area contributed by atoms with Crippen LogP contribution in [0.2, 0.25) is 0 Å². The second-order valence-corrected chi connectivity index (χ2v) is 5.38. The first kappa shape index (κ1) is 16.2. The highest BCUT2D eigenvalue weighted by atomic mass is 16.2. The summed E-state index contributed by atoms with van der Waals surface area (Å²) in [4.78, 5) is 32.4. The zero-order valence-corrected chi connectivity index (χ0v) is 12.9. The molecule has 0 radical (unpaired) electrons. The minimum Gasteiger partial charge on any atom is -0.352 e. The number of likely N-dealkylation sites (N-methyl/N-ethyl adjacent to an activating group) is 1. The van der Waals surface area contributed by atoms with Crippen molar-refractivity contribution in [3.05, 3.63) is 22.2 Å². The molecule has 0 aromatic carbocycles. The highest BCUT2D eigenvalue weighted by Gasteiger charge is 2.14. The van der Waals surface area contributed by atoms with Crippen molar-refractivity contribution >= 4 is 11.7 Å². The first-order valence-electron chi connectivity index (χ1n) is 6.99. The number of amides is 1. The van der Waals surface area contributed by atoms with Gasteiger partial charge in [-0.05, 0) is 20.8 Å². The van der Waals surface area contributed by atoms with Gasteiger partial charge in [0.1, 0.15) is 11.6 Å². The third-order valence-electron chi connectivity index (χ3n) is 2.78. The van der Waals surface area contributed by atoms with Gasteiger partial charge in [-0.2, -0.15) is 0 Å². The van der Waals surface area contributed by atoms with Crippen LogP contribution >= 0.6 is 0 Å².